The molecule has 31 heavy (non-hydrogen) atoms. The molecule has 164 valence electrons. The van der Waals surface area contributed by atoms with Crippen molar-refractivity contribution >= 4 is 24.2 Å². The average Bonchev–Trinajstić information content (AvgIpc) is 2.76. The van der Waals surface area contributed by atoms with Gasteiger partial charge >= 0.3 is 0 Å². The van der Waals surface area contributed by atoms with Crippen LogP contribution in [0.1, 0.15) is 28.4 Å². The monoisotopic (exact) mass is 425 g/mol. The highest BCUT2D eigenvalue weighted by Gasteiger charge is 2.36. The van der Waals surface area contributed by atoms with Crippen molar-refractivity contribution in [2.24, 2.45) is 0 Å². The van der Waals surface area contributed by atoms with Crippen molar-refractivity contribution in [2.45, 2.75) is 26.1 Å². The smallest absolute Gasteiger partial charge is 0.290 e. The molecular formula is C23H27N3O5. The number of amides is 3. The first-order chi connectivity index (χ1) is 14.8. The summed E-state index contributed by atoms with van der Waals surface area (Å²) in [4.78, 5) is 50.6. The molecule has 0 radical (unpaired) electrons. The maximum Gasteiger partial charge on any atom is 0.290 e. The Balaban J connectivity index is 0.00000107. The Kier molecular flexibility index (Phi) is 8.31. The van der Waals surface area contributed by atoms with E-state index in [0.717, 1.165) is 11.1 Å². The van der Waals surface area contributed by atoms with Crippen LogP contribution in [0.25, 0.3) is 0 Å². The second-order valence-corrected chi connectivity index (χ2v) is 7.38. The molecule has 1 saturated heterocycles. The van der Waals surface area contributed by atoms with Gasteiger partial charge in [-0.25, -0.2) is 0 Å². The number of rotatable bonds is 5. The highest BCUT2D eigenvalue weighted by molar-refractivity contribution is 5.95. The van der Waals surface area contributed by atoms with Crippen molar-refractivity contribution in [3.05, 3.63) is 71.3 Å². The minimum atomic E-state index is -0.520. The number of hydrogen-bond acceptors (Lipinski definition) is 4. The molecule has 1 atom stereocenters. The van der Waals surface area contributed by atoms with Gasteiger partial charge in [0, 0.05) is 32.7 Å². The topological polar surface area (TPSA) is 98.2 Å². The number of hydrogen-bond donors (Lipinski definition) is 1. The molecule has 0 saturated carbocycles. The van der Waals surface area contributed by atoms with E-state index in [0.29, 0.717) is 18.7 Å². The summed E-state index contributed by atoms with van der Waals surface area (Å²) in [7, 11) is 3.41. The van der Waals surface area contributed by atoms with Gasteiger partial charge in [0.15, 0.2) is 0 Å². The van der Waals surface area contributed by atoms with Crippen LogP contribution < -0.4 is 0 Å². The van der Waals surface area contributed by atoms with Gasteiger partial charge in [-0.05, 0) is 30.2 Å². The van der Waals surface area contributed by atoms with E-state index >= 15 is 0 Å². The van der Waals surface area contributed by atoms with Crippen molar-refractivity contribution in [1.82, 2.24) is 14.7 Å². The van der Waals surface area contributed by atoms with E-state index in [1.807, 2.05) is 42.5 Å². The molecule has 0 bridgehead atoms. The first kappa shape index (κ1) is 23.6. The van der Waals surface area contributed by atoms with E-state index < -0.39 is 6.04 Å². The zero-order valence-corrected chi connectivity index (χ0v) is 17.9. The zero-order valence-electron chi connectivity index (χ0n) is 17.9. The number of carbonyl (C=O) groups is 4. The molecule has 3 rings (SSSR count). The summed E-state index contributed by atoms with van der Waals surface area (Å²) < 4.78 is 0. The highest BCUT2D eigenvalue weighted by Crippen LogP contribution is 2.19. The Hall–Kier alpha value is -3.68. The molecule has 1 heterocycles. The first-order valence-corrected chi connectivity index (χ1v) is 9.79. The van der Waals surface area contributed by atoms with Crippen LogP contribution >= 0.6 is 0 Å². The van der Waals surface area contributed by atoms with Gasteiger partial charge in [0.1, 0.15) is 12.6 Å². The molecule has 8 nitrogen and oxygen atoms in total. The predicted molar refractivity (Wildman–Crippen MR) is 115 cm³/mol. The average molecular weight is 425 g/mol. The van der Waals surface area contributed by atoms with Crippen molar-refractivity contribution in [3.63, 3.8) is 0 Å². The molecule has 1 aliphatic rings. The standard InChI is InChI=1S/C22H25N3O3.CH2O2/c1-16-21(27)24(13-17-7-5-4-6-8-17)15-20(26)25(16)14-18-9-11-19(12-10-18)22(28)23(2)3;2-1-3/h4-12,16H,13-15H2,1-3H3;1H,(H,2,3)/t16-;/m0./s1. The van der Waals surface area contributed by atoms with Crippen molar-refractivity contribution in [2.75, 3.05) is 20.6 Å². The van der Waals surface area contributed by atoms with Crippen LogP contribution in [0, 0.1) is 0 Å². The van der Waals surface area contributed by atoms with Crippen LogP contribution in [0.2, 0.25) is 0 Å². The zero-order chi connectivity index (χ0) is 23.0. The van der Waals surface area contributed by atoms with Gasteiger partial charge in [0.05, 0.1) is 0 Å². The summed E-state index contributed by atoms with van der Waals surface area (Å²) >= 11 is 0. The molecule has 0 unspecified atom stereocenters. The lowest BCUT2D eigenvalue weighted by Gasteiger charge is -2.39. The number of benzene rings is 2. The van der Waals surface area contributed by atoms with Gasteiger partial charge in [-0.1, -0.05) is 42.5 Å². The third-order valence-electron chi connectivity index (χ3n) is 4.96. The van der Waals surface area contributed by atoms with Gasteiger partial charge in [-0.2, -0.15) is 0 Å². The third-order valence-corrected chi connectivity index (χ3v) is 4.96. The van der Waals surface area contributed by atoms with Gasteiger partial charge in [-0.3, -0.25) is 19.2 Å². The minimum absolute atomic E-state index is 0.0529. The summed E-state index contributed by atoms with van der Waals surface area (Å²) in [6, 6.07) is 16.3. The lowest BCUT2D eigenvalue weighted by atomic mass is 10.1. The van der Waals surface area contributed by atoms with Gasteiger partial charge < -0.3 is 19.8 Å². The SMILES string of the molecule is C[C@H]1C(=O)N(Cc2ccccc2)CC(=O)N1Cc1ccc(C(=O)N(C)C)cc1.O=CO. The van der Waals surface area contributed by atoms with Crippen molar-refractivity contribution in [1.29, 1.82) is 0 Å². The predicted octanol–water partition coefficient (Wildman–Crippen LogP) is 1.85. The lowest BCUT2D eigenvalue weighted by molar-refractivity contribution is -0.156. The fourth-order valence-electron chi connectivity index (χ4n) is 3.32. The second-order valence-electron chi connectivity index (χ2n) is 7.38. The van der Waals surface area contributed by atoms with Crippen LogP contribution in [-0.4, -0.2) is 70.7 Å². The Morgan fingerprint density at radius 1 is 1.03 bits per heavy atom. The summed E-state index contributed by atoms with van der Waals surface area (Å²) in [5, 5.41) is 6.89. The molecule has 1 aliphatic heterocycles. The Morgan fingerprint density at radius 2 is 1.58 bits per heavy atom. The molecule has 0 spiro atoms. The Bertz CT molecular complexity index is 913. The molecule has 1 N–H and O–H groups in total. The normalized spacial score (nSPS) is 15.8. The number of carbonyl (C=O) groups excluding carboxylic acids is 3. The largest absolute Gasteiger partial charge is 0.483 e. The summed E-state index contributed by atoms with van der Waals surface area (Å²) in [6.07, 6.45) is 0. The van der Waals surface area contributed by atoms with Crippen LogP contribution in [0.3, 0.4) is 0 Å². The van der Waals surface area contributed by atoms with E-state index in [4.69, 9.17) is 9.90 Å². The van der Waals surface area contributed by atoms with E-state index in [2.05, 4.69) is 0 Å². The fraction of sp³-hybridized carbons (Fsp3) is 0.304. The van der Waals surface area contributed by atoms with Crippen molar-refractivity contribution in [3.8, 4) is 0 Å². The third kappa shape index (κ3) is 6.15. The molecule has 8 heteroatoms. The fourth-order valence-corrected chi connectivity index (χ4v) is 3.32. The van der Waals surface area contributed by atoms with Gasteiger partial charge in [0.2, 0.25) is 11.8 Å². The van der Waals surface area contributed by atoms with E-state index in [1.165, 1.54) is 4.90 Å². The quantitative estimate of drug-likeness (QED) is 0.738. The van der Waals surface area contributed by atoms with Crippen molar-refractivity contribution < 1.29 is 24.3 Å². The molecule has 2 aromatic rings. The van der Waals surface area contributed by atoms with E-state index in [-0.39, 0.29) is 30.7 Å². The second kappa shape index (κ2) is 10.9. The van der Waals surface area contributed by atoms with E-state index in [9.17, 15) is 14.4 Å². The molecule has 0 aliphatic carbocycles. The van der Waals surface area contributed by atoms with Gasteiger partial charge in [-0.15, -0.1) is 0 Å². The van der Waals surface area contributed by atoms with Crippen LogP contribution in [0.15, 0.2) is 54.6 Å². The van der Waals surface area contributed by atoms with Crippen LogP contribution in [0.5, 0.6) is 0 Å². The number of piperazine rings is 1. The van der Waals surface area contributed by atoms with Gasteiger partial charge in [0.25, 0.3) is 12.4 Å². The highest BCUT2D eigenvalue weighted by atomic mass is 16.3. The summed E-state index contributed by atoms with van der Waals surface area (Å²) in [5.41, 5.74) is 2.49. The lowest BCUT2D eigenvalue weighted by Crippen LogP contribution is -2.57. The Labute approximate surface area is 181 Å². The number of carboxylic acid groups (broad SMARTS) is 1. The molecule has 0 aromatic heterocycles. The summed E-state index contributed by atoms with van der Waals surface area (Å²) in [6.45, 7) is 2.38. The Morgan fingerprint density at radius 3 is 2.13 bits per heavy atom. The van der Waals surface area contributed by atoms with E-state index in [1.54, 1.807) is 43.0 Å². The minimum Gasteiger partial charge on any atom is -0.483 e. The van der Waals surface area contributed by atoms with Crippen LogP contribution in [0.4, 0.5) is 0 Å². The molecule has 3 amide bonds. The molecule has 2 aromatic carbocycles. The van der Waals surface area contributed by atoms with Crippen LogP contribution in [-0.2, 0) is 27.5 Å². The number of nitrogens with zero attached hydrogens (tertiary/aromatic N) is 3. The maximum atomic E-state index is 12.8. The maximum absolute atomic E-state index is 12.8. The summed E-state index contributed by atoms with van der Waals surface area (Å²) in [5.74, 6) is -0.194. The molecule has 1 fully saturated rings. The molecular weight excluding hydrogens is 398 g/mol. The first-order valence-electron chi connectivity index (χ1n) is 9.79.